The zero-order chi connectivity index (χ0) is 16.9. The molecule has 0 aliphatic carbocycles. The van der Waals surface area contributed by atoms with Crippen molar-refractivity contribution in [3.63, 3.8) is 0 Å². The second-order valence-electron chi connectivity index (χ2n) is 5.76. The third-order valence-electron chi connectivity index (χ3n) is 4.17. The van der Waals surface area contributed by atoms with E-state index in [0.29, 0.717) is 16.7 Å². The van der Waals surface area contributed by atoms with Gasteiger partial charge in [0.2, 0.25) is 0 Å². The van der Waals surface area contributed by atoms with E-state index in [-0.39, 0.29) is 25.5 Å². The van der Waals surface area contributed by atoms with Crippen LogP contribution < -0.4 is 4.72 Å². The van der Waals surface area contributed by atoms with E-state index in [9.17, 15) is 22.4 Å². The molecule has 23 heavy (non-hydrogen) atoms. The second-order valence-corrected chi connectivity index (χ2v) is 7.39. The number of hydrogen-bond acceptors (Lipinski definition) is 4. The second kappa shape index (κ2) is 5.27. The first kappa shape index (κ1) is 15.9. The molecule has 1 aromatic rings. The Hall–Kier alpha value is -2.00. The molecule has 1 atom stereocenters. The highest BCUT2D eigenvalue weighted by Crippen LogP contribution is 2.23. The minimum absolute atomic E-state index is 0.0137. The Morgan fingerprint density at radius 3 is 2.48 bits per heavy atom. The van der Waals surface area contributed by atoms with Crippen molar-refractivity contribution < 1.29 is 22.4 Å². The molecule has 0 bridgehead atoms. The fraction of sp³-hybridized carbons (Fsp3) is 0.429. The largest absolute Gasteiger partial charge is 0.335 e. The van der Waals surface area contributed by atoms with Gasteiger partial charge >= 0.3 is 10.2 Å². The molecule has 0 saturated carbocycles. The molecule has 124 valence electrons. The lowest BCUT2D eigenvalue weighted by molar-refractivity contribution is -0.122. The molecule has 0 aromatic heterocycles. The van der Waals surface area contributed by atoms with Crippen LogP contribution in [0, 0.1) is 19.7 Å². The molecule has 3 rings (SSSR count). The zero-order valence-corrected chi connectivity index (χ0v) is 13.5. The van der Waals surface area contributed by atoms with Gasteiger partial charge in [-0.3, -0.25) is 9.59 Å². The summed E-state index contributed by atoms with van der Waals surface area (Å²) < 4.78 is 39.9. The summed E-state index contributed by atoms with van der Waals surface area (Å²) in [6, 6.07) is 1.66. The number of benzene rings is 1. The minimum Gasteiger partial charge on any atom is -0.335 e. The lowest BCUT2D eigenvalue weighted by Crippen LogP contribution is -2.54. The number of fused-ring (bicyclic) bond motifs is 1. The summed E-state index contributed by atoms with van der Waals surface area (Å²) in [7, 11) is -3.79. The first-order valence-corrected chi connectivity index (χ1v) is 8.54. The summed E-state index contributed by atoms with van der Waals surface area (Å²) >= 11 is 0. The number of amides is 2. The van der Waals surface area contributed by atoms with E-state index in [1.165, 1.54) is 17.0 Å². The van der Waals surface area contributed by atoms with Gasteiger partial charge in [0.15, 0.2) is 0 Å². The van der Waals surface area contributed by atoms with Crippen LogP contribution >= 0.6 is 0 Å². The van der Waals surface area contributed by atoms with Crippen molar-refractivity contribution in [2.75, 3.05) is 19.6 Å². The van der Waals surface area contributed by atoms with E-state index in [2.05, 4.69) is 0 Å². The number of aryl methyl sites for hydroxylation is 2. The summed E-state index contributed by atoms with van der Waals surface area (Å²) in [6.07, 6.45) is 0. The van der Waals surface area contributed by atoms with E-state index in [0.717, 1.165) is 4.31 Å². The predicted molar refractivity (Wildman–Crippen MR) is 79.3 cm³/mol. The number of nitrogens with zero attached hydrogens (tertiary/aromatic N) is 2. The van der Waals surface area contributed by atoms with Crippen LogP contribution in [0.2, 0.25) is 0 Å². The quantitative estimate of drug-likeness (QED) is 0.775. The van der Waals surface area contributed by atoms with Crippen LogP contribution in [0.5, 0.6) is 0 Å². The Morgan fingerprint density at radius 2 is 1.87 bits per heavy atom. The SMILES string of the molecule is Cc1cc(F)cc(C)c1C(=O)N1CCN2C(C1)C(=O)NS2(=O)=O. The summed E-state index contributed by atoms with van der Waals surface area (Å²) in [5.74, 6) is -1.37. The first-order valence-electron chi connectivity index (χ1n) is 7.10. The lowest BCUT2D eigenvalue weighted by Gasteiger charge is -2.34. The van der Waals surface area contributed by atoms with Gasteiger partial charge in [0, 0.05) is 25.2 Å². The molecule has 2 heterocycles. The fourth-order valence-corrected chi connectivity index (χ4v) is 4.44. The molecule has 7 nitrogen and oxygen atoms in total. The molecule has 2 amide bonds. The Labute approximate surface area is 133 Å². The Morgan fingerprint density at radius 1 is 1.26 bits per heavy atom. The zero-order valence-electron chi connectivity index (χ0n) is 12.7. The van der Waals surface area contributed by atoms with Crippen LogP contribution in [0.1, 0.15) is 21.5 Å². The summed E-state index contributed by atoms with van der Waals surface area (Å²) in [6.45, 7) is 3.51. The molecule has 1 N–H and O–H groups in total. The molecule has 0 spiro atoms. The van der Waals surface area contributed by atoms with Crippen molar-refractivity contribution >= 4 is 22.0 Å². The lowest BCUT2D eigenvalue weighted by atomic mass is 10.0. The number of piperazine rings is 1. The van der Waals surface area contributed by atoms with E-state index in [1.54, 1.807) is 13.8 Å². The van der Waals surface area contributed by atoms with Crippen molar-refractivity contribution in [3.8, 4) is 0 Å². The average Bonchev–Trinajstić information content (AvgIpc) is 2.67. The number of carbonyl (C=O) groups is 2. The Bertz CT molecular complexity index is 785. The van der Waals surface area contributed by atoms with Crippen molar-refractivity contribution in [2.24, 2.45) is 0 Å². The Kier molecular flexibility index (Phi) is 3.64. The molecule has 0 radical (unpaired) electrons. The van der Waals surface area contributed by atoms with Crippen LogP contribution in [-0.4, -0.2) is 55.1 Å². The number of nitrogens with one attached hydrogen (secondary N) is 1. The van der Waals surface area contributed by atoms with E-state index in [4.69, 9.17) is 0 Å². The van der Waals surface area contributed by atoms with Crippen LogP contribution in [0.3, 0.4) is 0 Å². The standard InChI is InChI=1S/C14H16FN3O4S/c1-8-5-10(15)6-9(2)12(8)14(20)17-3-4-18-11(7-17)13(19)16-23(18,21)22/h5-6,11H,3-4,7H2,1-2H3,(H,16,19). The maximum absolute atomic E-state index is 13.4. The summed E-state index contributed by atoms with van der Waals surface area (Å²) in [4.78, 5) is 25.9. The van der Waals surface area contributed by atoms with Crippen molar-refractivity contribution in [3.05, 3.63) is 34.6 Å². The van der Waals surface area contributed by atoms with Gasteiger partial charge in [-0.05, 0) is 37.1 Å². The predicted octanol–water partition coefficient (Wildman–Crippen LogP) is -0.0565. The van der Waals surface area contributed by atoms with Gasteiger partial charge in [-0.1, -0.05) is 0 Å². The van der Waals surface area contributed by atoms with Gasteiger partial charge < -0.3 is 4.90 Å². The van der Waals surface area contributed by atoms with E-state index < -0.39 is 28.0 Å². The van der Waals surface area contributed by atoms with Gasteiger partial charge in [-0.15, -0.1) is 0 Å². The number of hydrogen-bond donors (Lipinski definition) is 1. The van der Waals surface area contributed by atoms with Crippen molar-refractivity contribution in [2.45, 2.75) is 19.9 Å². The number of rotatable bonds is 1. The maximum Gasteiger partial charge on any atom is 0.304 e. The highest BCUT2D eigenvalue weighted by molar-refractivity contribution is 7.88. The minimum atomic E-state index is -3.79. The van der Waals surface area contributed by atoms with Gasteiger partial charge in [0.05, 0.1) is 0 Å². The molecule has 1 unspecified atom stereocenters. The molecule has 2 fully saturated rings. The smallest absolute Gasteiger partial charge is 0.304 e. The summed E-state index contributed by atoms with van der Waals surface area (Å²) in [5, 5.41) is 0. The molecule has 2 aliphatic heterocycles. The maximum atomic E-state index is 13.4. The van der Waals surface area contributed by atoms with E-state index in [1.807, 2.05) is 4.72 Å². The molecule has 2 aliphatic rings. The number of halogens is 1. The van der Waals surface area contributed by atoms with Crippen molar-refractivity contribution in [1.29, 1.82) is 0 Å². The van der Waals surface area contributed by atoms with Crippen LogP contribution in [0.4, 0.5) is 4.39 Å². The number of carbonyl (C=O) groups excluding carboxylic acids is 2. The van der Waals surface area contributed by atoms with E-state index >= 15 is 0 Å². The average molecular weight is 341 g/mol. The van der Waals surface area contributed by atoms with Crippen LogP contribution in [0.15, 0.2) is 12.1 Å². The molecular formula is C14H16FN3O4S. The topological polar surface area (TPSA) is 86.8 Å². The normalized spacial score (nSPS) is 23.5. The van der Waals surface area contributed by atoms with Crippen LogP contribution in [0.25, 0.3) is 0 Å². The van der Waals surface area contributed by atoms with Crippen LogP contribution in [-0.2, 0) is 15.0 Å². The first-order chi connectivity index (χ1) is 10.7. The van der Waals surface area contributed by atoms with Gasteiger partial charge in [-0.2, -0.15) is 12.7 Å². The molecular weight excluding hydrogens is 325 g/mol. The third-order valence-corrected chi connectivity index (χ3v) is 5.68. The fourth-order valence-electron chi connectivity index (χ4n) is 3.11. The molecule has 1 aromatic carbocycles. The van der Waals surface area contributed by atoms with Gasteiger partial charge in [0.25, 0.3) is 11.8 Å². The Balaban J connectivity index is 1.88. The van der Waals surface area contributed by atoms with Gasteiger partial charge in [0.1, 0.15) is 11.9 Å². The third kappa shape index (κ3) is 2.59. The van der Waals surface area contributed by atoms with Gasteiger partial charge in [-0.25, -0.2) is 9.11 Å². The monoisotopic (exact) mass is 341 g/mol. The summed E-state index contributed by atoms with van der Waals surface area (Å²) in [5.41, 5.74) is 1.41. The highest BCUT2D eigenvalue weighted by Gasteiger charge is 2.47. The van der Waals surface area contributed by atoms with Crippen molar-refractivity contribution in [1.82, 2.24) is 13.9 Å². The molecule has 9 heteroatoms. The molecule has 2 saturated heterocycles. The highest BCUT2D eigenvalue weighted by atomic mass is 32.2.